The first-order chi connectivity index (χ1) is 16.3. The monoisotopic (exact) mass is 470 g/mol. The van der Waals surface area contributed by atoms with Gasteiger partial charge in [0.1, 0.15) is 11.8 Å². The van der Waals surface area contributed by atoms with Gasteiger partial charge in [0.05, 0.1) is 21.3 Å². The summed E-state index contributed by atoms with van der Waals surface area (Å²) in [6.07, 6.45) is 1.32. The summed E-state index contributed by atoms with van der Waals surface area (Å²) in [5, 5.41) is 2.99. The summed E-state index contributed by atoms with van der Waals surface area (Å²) < 4.78 is 16.0. The van der Waals surface area contributed by atoms with Gasteiger partial charge >= 0.3 is 0 Å². The van der Waals surface area contributed by atoms with Crippen molar-refractivity contribution >= 4 is 11.8 Å². The molecule has 186 valence electrons. The van der Waals surface area contributed by atoms with Gasteiger partial charge in [-0.3, -0.25) is 9.59 Å². The highest BCUT2D eigenvalue weighted by Crippen LogP contribution is 2.28. The summed E-state index contributed by atoms with van der Waals surface area (Å²) >= 11 is 0. The molecule has 7 nitrogen and oxygen atoms in total. The summed E-state index contributed by atoms with van der Waals surface area (Å²) in [7, 11) is 4.79. The number of amides is 2. The predicted octanol–water partition coefficient (Wildman–Crippen LogP) is 4.22. The van der Waals surface area contributed by atoms with Gasteiger partial charge in [-0.1, -0.05) is 39.0 Å². The number of methoxy groups -OCH3 is 3. The molecule has 2 rings (SSSR count). The summed E-state index contributed by atoms with van der Waals surface area (Å²) in [6.45, 7) is 6.92. The minimum absolute atomic E-state index is 0.0795. The van der Waals surface area contributed by atoms with E-state index in [-0.39, 0.29) is 18.2 Å². The van der Waals surface area contributed by atoms with E-state index in [0.29, 0.717) is 49.1 Å². The van der Waals surface area contributed by atoms with E-state index >= 15 is 0 Å². The molecule has 2 amide bonds. The Morgan fingerprint density at radius 2 is 1.68 bits per heavy atom. The first-order valence-electron chi connectivity index (χ1n) is 11.7. The van der Waals surface area contributed by atoms with Crippen LogP contribution < -0.4 is 19.5 Å². The molecule has 7 heteroatoms. The largest absolute Gasteiger partial charge is 0.497 e. The van der Waals surface area contributed by atoms with Crippen LogP contribution in [0, 0.1) is 5.92 Å². The average molecular weight is 471 g/mol. The van der Waals surface area contributed by atoms with E-state index < -0.39 is 6.04 Å². The molecule has 1 N–H and O–H groups in total. The van der Waals surface area contributed by atoms with Crippen LogP contribution in [0.25, 0.3) is 0 Å². The van der Waals surface area contributed by atoms with E-state index in [1.165, 1.54) is 0 Å². The van der Waals surface area contributed by atoms with E-state index in [1.54, 1.807) is 26.2 Å². The molecular formula is C27H38N2O5. The number of rotatable bonds is 13. The standard InChI is InChI=1S/C27H38N2O5/c1-7-23(27(31)28-17-19(2)3)29(18-21-9-8-10-22(15-21)32-4)26(30)14-12-20-11-13-24(33-5)25(16-20)34-6/h8-11,13,15-16,19,23H,7,12,14,17-18H2,1-6H3,(H,28,31)/t23-/m0/s1. The highest BCUT2D eigenvalue weighted by atomic mass is 16.5. The van der Waals surface area contributed by atoms with Gasteiger partial charge in [0.15, 0.2) is 11.5 Å². The number of nitrogens with one attached hydrogen (secondary N) is 1. The van der Waals surface area contributed by atoms with Crippen molar-refractivity contribution in [2.75, 3.05) is 27.9 Å². The Hall–Kier alpha value is -3.22. The third-order valence-corrected chi connectivity index (χ3v) is 5.63. The van der Waals surface area contributed by atoms with Gasteiger partial charge in [0, 0.05) is 19.5 Å². The first kappa shape index (κ1) is 27.0. The smallest absolute Gasteiger partial charge is 0.242 e. The van der Waals surface area contributed by atoms with Crippen molar-refractivity contribution in [3.05, 3.63) is 53.6 Å². The van der Waals surface area contributed by atoms with Crippen molar-refractivity contribution in [2.45, 2.75) is 52.6 Å². The number of carbonyl (C=O) groups is 2. The summed E-state index contributed by atoms with van der Waals surface area (Å²) in [5.74, 6) is 2.11. The third-order valence-electron chi connectivity index (χ3n) is 5.63. The van der Waals surface area contributed by atoms with Crippen molar-refractivity contribution in [3.8, 4) is 17.2 Å². The number of hydrogen-bond acceptors (Lipinski definition) is 5. The zero-order valence-electron chi connectivity index (χ0n) is 21.2. The van der Waals surface area contributed by atoms with Crippen LogP contribution in [0.5, 0.6) is 17.2 Å². The number of carbonyl (C=O) groups excluding carboxylic acids is 2. The van der Waals surface area contributed by atoms with Crippen molar-refractivity contribution in [1.29, 1.82) is 0 Å². The zero-order chi connectivity index (χ0) is 25.1. The van der Waals surface area contributed by atoms with Crippen molar-refractivity contribution < 1.29 is 23.8 Å². The first-order valence-corrected chi connectivity index (χ1v) is 11.7. The van der Waals surface area contributed by atoms with E-state index in [9.17, 15) is 9.59 Å². The summed E-state index contributed by atoms with van der Waals surface area (Å²) in [4.78, 5) is 28.1. The van der Waals surface area contributed by atoms with Gasteiger partial charge < -0.3 is 24.4 Å². The number of hydrogen-bond donors (Lipinski definition) is 1. The Kier molecular flexibility index (Phi) is 10.7. The molecule has 2 aromatic carbocycles. The maximum atomic E-state index is 13.5. The van der Waals surface area contributed by atoms with Gasteiger partial charge in [-0.2, -0.15) is 0 Å². The van der Waals surface area contributed by atoms with Gasteiger partial charge in [-0.15, -0.1) is 0 Å². The van der Waals surface area contributed by atoms with Crippen LogP contribution in [0.4, 0.5) is 0 Å². The summed E-state index contributed by atoms with van der Waals surface area (Å²) in [6, 6.07) is 12.7. The third kappa shape index (κ3) is 7.68. The van der Waals surface area contributed by atoms with Gasteiger partial charge in [-0.25, -0.2) is 0 Å². The van der Waals surface area contributed by atoms with Gasteiger partial charge in [-0.05, 0) is 54.2 Å². The summed E-state index contributed by atoms with van der Waals surface area (Å²) in [5.41, 5.74) is 1.87. The Bertz CT molecular complexity index is 944. The Morgan fingerprint density at radius 3 is 2.29 bits per heavy atom. The Balaban J connectivity index is 2.24. The molecule has 0 saturated heterocycles. The lowest BCUT2D eigenvalue weighted by molar-refractivity contribution is -0.141. The predicted molar refractivity (Wildman–Crippen MR) is 133 cm³/mol. The van der Waals surface area contributed by atoms with Crippen LogP contribution in [0.2, 0.25) is 0 Å². The van der Waals surface area contributed by atoms with Crippen LogP contribution in [0.3, 0.4) is 0 Å². The second-order valence-electron chi connectivity index (χ2n) is 8.63. The van der Waals surface area contributed by atoms with E-state index in [0.717, 1.165) is 11.1 Å². The highest BCUT2D eigenvalue weighted by molar-refractivity contribution is 5.87. The zero-order valence-corrected chi connectivity index (χ0v) is 21.2. The minimum Gasteiger partial charge on any atom is -0.497 e. The second kappa shape index (κ2) is 13.5. The van der Waals surface area contributed by atoms with Crippen LogP contribution in [-0.4, -0.2) is 50.6 Å². The molecule has 2 aromatic rings. The lowest BCUT2D eigenvalue weighted by Gasteiger charge is -2.31. The minimum atomic E-state index is -0.553. The van der Waals surface area contributed by atoms with Crippen molar-refractivity contribution in [2.24, 2.45) is 5.92 Å². The van der Waals surface area contributed by atoms with Crippen molar-refractivity contribution in [1.82, 2.24) is 10.2 Å². The molecule has 34 heavy (non-hydrogen) atoms. The molecule has 0 fully saturated rings. The van der Waals surface area contributed by atoms with Crippen LogP contribution in [-0.2, 0) is 22.6 Å². The Morgan fingerprint density at radius 1 is 0.941 bits per heavy atom. The topological polar surface area (TPSA) is 77.1 Å². The molecule has 0 heterocycles. The average Bonchev–Trinajstić information content (AvgIpc) is 2.85. The molecular weight excluding hydrogens is 432 g/mol. The fraction of sp³-hybridized carbons (Fsp3) is 0.481. The lowest BCUT2D eigenvalue weighted by Crippen LogP contribution is -2.49. The lowest BCUT2D eigenvalue weighted by atomic mass is 10.1. The number of ether oxygens (including phenoxy) is 3. The SMILES string of the molecule is CC[C@@H](C(=O)NCC(C)C)N(Cc1cccc(OC)c1)C(=O)CCc1ccc(OC)c(OC)c1. The molecule has 0 saturated carbocycles. The van der Waals surface area contributed by atoms with Gasteiger partial charge in [0.25, 0.3) is 0 Å². The number of nitrogens with zero attached hydrogens (tertiary/aromatic N) is 1. The number of benzene rings is 2. The second-order valence-corrected chi connectivity index (χ2v) is 8.63. The van der Waals surface area contributed by atoms with Crippen LogP contribution in [0.1, 0.15) is 44.7 Å². The fourth-order valence-electron chi connectivity index (χ4n) is 3.74. The van der Waals surface area contributed by atoms with Crippen molar-refractivity contribution in [3.63, 3.8) is 0 Å². The molecule has 0 aliphatic rings. The quantitative estimate of drug-likeness (QED) is 0.474. The molecule has 0 radical (unpaired) electrons. The molecule has 1 atom stereocenters. The fourth-order valence-corrected chi connectivity index (χ4v) is 3.74. The Labute approximate surface area is 203 Å². The molecule has 0 unspecified atom stereocenters. The van der Waals surface area contributed by atoms with E-state index in [1.807, 2.05) is 63.2 Å². The maximum Gasteiger partial charge on any atom is 0.242 e. The van der Waals surface area contributed by atoms with Crippen LogP contribution in [0.15, 0.2) is 42.5 Å². The molecule has 0 bridgehead atoms. The van der Waals surface area contributed by atoms with Gasteiger partial charge in [0.2, 0.25) is 11.8 Å². The van der Waals surface area contributed by atoms with Crippen LogP contribution >= 0.6 is 0 Å². The highest BCUT2D eigenvalue weighted by Gasteiger charge is 2.28. The maximum absolute atomic E-state index is 13.5. The number of aryl methyl sites for hydroxylation is 1. The van der Waals surface area contributed by atoms with E-state index in [2.05, 4.69) is 5.32 Å². The van der Waals surface area contributed by atoms with E-state index in [4.69, 9.17) is 14.2 Å². The molecule has 0 aromatic heterocycles. The molecule has 0 aliphatic carbocycles. The normalized spacial score (nSPS) is 11.6. The molecule has 0 spiro atoms. The molecule has 0 aliphatic heterocycles.